The second-order valence-electron chi connectivity index (χ2n) is 3.23. The Morgan fingerprint density at radius 2 is 2.40 bits per heavy atom. The highest BCUT2D eigenvalue weighted by Crippen LogP contribution is 2.28. The first-order valence-electron chi connectivity index (χ1n) is 4.83. The van der Waals surface area contributed by atoms with Crippen LogP contribution in [0.5, 0.6) is 0 Å². The molecule has 0 amide bonds. The van der Waals surface area contributed by atoms with E-state index >= 15 is 0 Å². The molecule has 0 bridgehead atoms. The molecule has 0 saturated carbocycles. The van der Waals surface area contributed by atoms with Gasteiger partial charge in [0.2, 0.25) is 0 Å². The van der Waals surface area contributed by atoms with Crippen molar-refractivity contribution in [2.75, 3.05) is 11.9 Å². The zero-order chi connectivity index (χ0) is 10.7. The maximum absolute atomic E-state index is 5.87. The van der Waals surface area contributed by atoms with Gasteiger partial charge in [-0.15, -0.1) is 11.3 Å². The van der Waals surface area contributed by atoms with E-state index in [9.17, 15) is 0 Å². The normalized spacial score (nSPS) is 10.5. The van der Waals surface area contributed by atoms with Crippen LogP contribution < -0.4 is 5.32 Å². The van der Waals surface area contributed by atoms with Crippen molar-refractivity contribution < 1.29 is 0 Å². The molecule has 0 aliphatic carbocycles. The van der Waals surface area contributed by atoms with Crippen LogP contribution in [0, 0.1) is 0 Å². The molecule has 15 heavy (non-hydrogen) atoms. The van der Waals surface area contributed by atoms with Crippen LogP contribution >= 0.6 is 22.9 Å². The van der Waals surface area contributed by atoms with Gasteiger partial charge in [-0.3, -0.25) is 5.10 Å². The SMILES string of the molecule is CCCNc1cc(-c2csc(Cl)c2)[nH]n1. The summed E-state index contributed by atoms with van der Waals surface area (Å²) in [5.74, 6) is 0.883. The molecule has 0 aliphatic rings. The zero-order valence-corrected chi connectivity index (χ0v) is 9.95. The van der Waals surface area contributed by atoms with Crippen molar-refractivity contribution in [3.63, 3.8) is 0 Å². The molecule has 2 aromatic rings. The van der Waals surface area contributed by atoms with Crippen molar-refractivity contribution in [1.29, 1.82) is 0 Å². The summed E-state index contributed by atoms with van der Waals surface area (Å²) in [4.78, 5) is 0. The number of nitrogens with zero attached hydrogens (tertiary/aromatic N) is 1. The maximum Gasteiger partial charge on any atom is 0.148 e. The number of halogens is 1. The first-order chi connectivity index (χ1) is 7.29. The molecule has 0 spiro atoms. The van der Waals surface area contributed by atoms with Gasteiger partial charge in [0.1, 0.15) is 5.82 Å². The molecule has 0 saturated heterocycles. The van der Waals surface area contributed by atoms with Crippen molar-refractivity contribution in [1.82, 2.24) is 10.2 Å². The highest BCUT2D eigenvalue weighted by Gasteiger charge is 2.04. The topological polar surface area (TPSA) is 40.7 Å². The molecule has 2 heterocycles. The second-order valence-corrected chi connectivity index (χ2v) is 4.78. The van der Waals surface area contributed by atoms with E-state index in [1.165, 1.54) is 11.3 Å². The number of aromatic amines is 1. The van der Waals surface area contributed by atoms with Gasteiger partial charge in [-0.1, -0.05) is 18.5 Å². The van der Waals surface area contributed by atoms with Crippen LogP contribution in [0.2, 0.25) is 4.34 Å². The van der Waals surface area contributed by atoms with Gasteiger partial charge in [0.25, 0.3) is 0 Å². The van der Waals surface area contributed by atoms with Crippen LogP contribution in [0.3, 0.4) is 0 Å². The van der Waals surface area contributed by atoms with Crippen LogP contribution in [0.15, 0.2) is 17.5 Å². The third-order valence-corrected chi connectivity index (χ3v) is 3.10. The number of hydrogen-bond acceptors (Lipinski definition) is 3. The van der Waals surface area contributed by atoms with Crippen molar-refractivity contribution in [3.05, 3.63) is 21.8 Å². The van der Waals surface area contributed by atoms with Gasteiger partial charge in [-0.25, -0.2) is 0 Å². The van der Waals surface area contributed by atoms with E-state index in [0.29, 0.717) is 0 Å². The van der Waals surface area contributed by atoms with Gasteiger partial charge in [-0.05, 0) is 12.5 Å². The summed E-state index contributed by atoms with van der Waals surface area (Å²) in [7, 11) is 0. The molecule has 0 radical (unpaired) electrons. The Bertz CT molecular complexity index is 435. The Labute approximate surface area is 97.5 Å². The highest BCUT2D eigenvalue weighted by atomic mass is 35.5. The fourth-order valence-corrected chi connectivity index (χ4v) is 2.15. The van der Waals surface area contributed by atoms with Crippen molar-refractivity contribution in [2.45, 2.75) is 13.3 Å². The first-order valence-corrected chi connectivity index (χ1v) is 6.09. The molecule has 0 atom stereocenters. The average Bonchev–Trinajstić information content (AvgIpc) is 2.83. The molecule has 2 aromatic heterocycles. The first kappa shape index (κ1) is 10.5. The monoisotopic (exact) mass is 241 g/mol. The van der Waals surface area contributed by atoms with Crippen molar-refractivity contribution in [3.8, 4) is 11.3 Å². The number of hydrogen-bond donors (Lipinski definition) is 2. The van der Waals surface area contributed by atoms with Crippen LogP contribution in [-0.4, -0.2) is 16.7 Å². The Kier molecular flexibility index (Phi) is 3.28. The molecule has 0 unspecified atom stereocenters. The summed E-state index contributed by atoms with van der Waals surface area (Å²) in [6.07, 6.45) is 1.09. The van der Waals surface area contributed by atoms with Gasteiger partial charge in [0.15, 0.2) is 0 Å². The van der Waals surface area contributed by atoms with Gasteiger partial charge in [0, 0.05) is 23.6 Å². The summed E-state index contributed by atoms with van der Waals surface area (Å²) in [6, 6.07) is 3.93. The lowest BCUT2D eigenvalue weighted by Crippen LogP contribution is -1.99. The second kappa shape index (κ2) is 4.68. The fraction of sp³-hybridized carbons (Fsp3) is 0.300. The number of anilines is 1. The number of aromatic nitrogens is 2. The van der Waals surface area contributed by atoms with E-state index in [0.717, 1.165) is 34.4 Å². The molecule has 80 valence electrons. The van der Waals surface area contributed by atoms with Crippen LogP contribution in [0.25, 0.3) is 11.3 Å². The summed E-state index contributed by atoms with van der Waals surface area (Å²) in [5, 5.41) is 12.4. The lowest BCUT2D eigenvalue weighted by molar-refractivity contribution is 0.961. The molecular formula is C10H12ClN3S. The molecule has 5 heteroatoms. The lowest BCUT2D eigenvalue weighted by Gasteiger charge is -1.96. The Morgan fingerprint density at radius 3 is 3.07 bits per heavy atom. The Balaban J connectivity index is 2.13. The van der Waals surface area contributed by atoms with Crippen LogP contribution in [0.4, 0.5) is 5.82 Å². The third kappa shape index (κ3) is 2.52. The number of nitrogens with one attached hydrogen (secondary N) is 2. The predicted octanol–water partition coefficient (Wildman–Crippen LogP) is 3.61. The van der Waals surface area contributed by atoms with Gasteiger partial charge >= 0.3 is 0 Å². The van der Waals surface area contributed by atoms with E-state index in [4.69, 9.17) is 11.6 Å². The van der Waals surface area contributed by atoms with E-state index in [2.05, 4.69) is 22.4 Å². The molecule has 3 nitrogen and oxygen atoms in total. The Morgan fingerprint density at radius 1 is 1.53 bits per heavy atom. The molecule has 2 rings (SSSR count). The standard InChI is InChI=1S/C10H12ClN3S/c1-2-3-12-10-5-8(13-14-10)7-4-9(11)15-6-7/h4-6H,2-3H2,1H3,(H2,12,13,14). The van der Waals surface area contributed by atoms with E-state index < -0.39 is 0 Å². The molecule has 0 aliphatic heterocycles. The molecule has 0 aromatic carbocycles. The van der Waals surface area contributed by atoms with E-state index in [-0.39, 0.29) is 0 Å². The summed E-state index contributed by atoms with van der Waals surface area (Å²) < 4.78 is 0.794. The van der Waals surface area contributed by atoms with E-state index in [1.54, 1.807) is 0 Å². The van der Waals surface area contributed by atoms with E-state index in [1.807, 2.05) is 17.5 Å². The minimum absolute atomic E-state index is 0.794. The smallest absolute Gasteiger partial charge is 0.148 e. The lowest BCUT2D eigenvalue weighted by atomic mass is 10.2. The maximum atomic E-state index is 5.87. The zero-order valence-electron chi connectivity index (χ0n) is 8.38. The quantitative estimate of drug-likeness (QED) is 0.859. The third-order valence-electron chi connectivity index (χ3n) is 2.01. The molecule has 2 N–H and O–H groups in total. The minimum Gasteiger partial charge on any atom is -0.369 e. The summed E-state index contributed by atoms with van der Waals surface area (Å²) >= 11 is 7.39. The fourth-order valence-electron chi connectivity index (χ4n) is 1.26. The highest BCUT2D eigenvalue weighted by molar-refractivity contribution is 7.14. The van der Waals surface area contributed by atoms with Gasteiger partial charge in [-0.2, -0.15) is 5.10 Å². The number of H-pyrrole nitrogens is 1. The number of thiophene rings is 1. The van der Waals surface area contributed by atoms with Gasteiger partial charge < -0.3 is 5.32 Å². The number of rotatable bonds is 4. The average molecular weight is 242 g/mol. The molecule has 0 fully saturated rings. The van der Waals surface area contributed by atoms with Gasteiger partial charge in [0.05, 0.1) is 10.0 Å². The minimum atomic E-state index is 0.794. The summed E-state index contributed by atoms with van der Waals surface area (Å²) in [5.41, 5.74) is 2.08. The summed E-state index contributed by atoms with van der Waals surface area (Å²) in [6.45, 7) is 3.06. The Hall–Kier alpha value is -1.00. The molecular weight excluding hydrogens is 230 g/mol. The van der Waals surface area contributed by atoms with Crippen LogP contribution in [-0.2, 0) is 0 Å². The largest absolute Gasteiger partial charge is 0.369 e. The van der Waals surface area contributed by atoms with Crippen molar-refractivity contribution in [2.24, 2.45) is 0 Å². The van der Waals surface area contributed by atoms with Crippen molar-refractivity contribution >= 4 is 28.8 Å². The van der Waals surface area contributed by atoms with Crippen LogP contribution in [0.1, 0.15) is 13.3 Å². The predicted molar refractivity (Wildman–Crippen MR) is 65.7 cm³/mol.